The molecule has 1 aliphatic rings. The van der Waals surface area contributed by atoms with E-state index in [1.807, 2.05) is 17.9 Å². The van der Waals surface area contributed by atoms with Crippen LogP contribution in [-0.2, 0) is 11.2 Å². The Kier molecular flexibility index (Phi) is 4.12. The Bertz CT molecular complexity index is 422. The molecule has 0 radical (unpaired) electrons. The number of carboxylic acids is 1. The number of aliphatic carboxylic acids is 1. The molecule has 18 heavy (non-hydrogen) atoms. The summed E-state index contributed by atoms with van der Waals surface area (Å²) in [7, 11) is 0. The van der Waals surface area contributed by atoms with E-state index in [2.05, 4.69) is 9.97 Å². The highest BCUT2D eigenvalue weighted by atomic mass is 16.4. The average molecular weight is 249 g/mol. The topological polar surface area (TPSA) is 66.3 Å². The first-order chi connectivity index (χ1) is 8.72. The van der Waals surface area contributed by atoms with Crippen LogP contribution in [0.1, 0.15) is 38.3 Å². The van der Waals surface area contributed by atoms with E-state index in [0.29, 0.717) is 6.42 Å². The molecule has 0 saturated carbocycles. The zero-order valence-electron chi connectivity index (χ0n) is 10.7. The molecule has 1 aromatic heterocycles. The lowest BCUT2D eigenvalue weighted by atomic mass is 10.1. The lowest BCUT2D eigenvalue weighted by molar-refractivity contribution is -0.138. The average Bonchev–Trinajstić information content (AvgIpc) is 2.64. The SMILES string of the molecule is CCc1cc(N2CCCCCC2C(=O)O)ncn1. The molecule has 1 N–H and O–H groups in total. The number of hydrogen-bond acceptors (Lipinski definition) is 4. The van der Waals surface area contributed by atoms with Crippen molar-refractivity contribution in [1.29, 1.82) is 0 Å². The second-order valence-electron chi connectivity index (χ2n) is 4.62. The van der Waals surface area contributed by atoms with Gasteiger partial charge in [-0.15, -0.1) is 0 Å². The maximum Gasteiger partial charge on any atom is 0.326 e. The van der Waals surface area contributed by atoms with Gasteiger partial charge in [-0.3, -0.25) is 0 Å². The largest absolute Gasteiger partial charge is 0.480 e. The van der Waals surface area contributed by atoms with Crippen LogP contribution in [0.5, 0.6) is 0 Å². The molecule has 1 fully saturated rings. The van der Waals surface area contributed by atoms with Crippen LogP contribution in [0.4, 0.5) is 5.82 Å². The molecule has 0 aliphatic carbocycles. The minimum absolute atomic E-state index is 0.452. The highest BCUT2D eigenvalue weighted by Crippen LogP contribution is 2.23. The first kappa shape index (κ1) is 12.8. The Balaban J connectivity index is 2.28. The molecule has 98 valence electrons. The smallest absolute Gasteiger partial charge is 0.326 e. The van der Waals surface area contributed by atoms with E-state index < -0.39 is 12.0 Å². The third-order valence-electron chi connectivity index (χ3n) is 3.40. The number of nitrogens with zero attached hydrogens (tertiary/aromatic N) is 3. The molecule has 0 bridgehead atoms. The van der Waals surface area contributed by atoms with Crippen LogP contribution in [0, 0.1) is 0 Å². The van der Waals surface area contributed by atoms with Crippen molar-refractivity contribution in [1.82, 2.24) is 9.97 Å². The van der Waals surface area contributed by atoms with Gasteiger partial charge in [0, 0.05) is 18.3 Å². The zero-order chi connectivity index (χ0) is 13.0. The van der Waals surface area contributed by atoms with E-state index in [1.165, 1.54) is 6.33 Å². The van der Waals surface area contributed by atoms with Crippen molar-refractivity contribution < 1.29 is 9.90 Å². The van der Waals surface area contributed by atoms with Gasteiger partial charge < -0.3 is 10.0 Å². The molecular formula is C13H19N3O2. The lowest BCUT2D eigenvalue weighted by Crippen LogP contribution is -2.41. The minimum Gasteiger partial charge on any atom is -0.480 e. The van der Waals surface area contributed by atoms with Crippen molar-refractivity contribution in [2.75, 3.05) is 11.4 Å². The lowest BCUT2D eigenvalue weighted by Gasteiger charge is -2.28. The molecule has 1 aromatic rings. The number of rotatable bonds is 3. The monoisotopic (exact) mass is 249 g/mol. The van der Waals surface area contributed by atoms with E-state index >= 15 is 0 Å². The molecule has 5 nitrogen and oxygen atoms in total. The first-order valence-electron chi connectivity index (χ1n) is 6.52. The van der Waals surface area contributed by atoms with Crippen molar-refractivity contribution in [2.45, 2.75) is 45.1 Å². The minimum atomic E-state index is -0.756. The number of carbonyl (C=O) groups is 1. The highest BCUT2D eigenvalue weighted by Gasteiger charge is 2.28. The van der Waals surface area contributed by atoms with Gasteiger partial charge in [0.1, 0.15) is 18.2 Å². The van der Waals surface area contributed by atoms with E-state index in [0.717, 1.165) is 43.7 Å². The maximum absolute atomic E-state index is 11.4. The van der Waals surface area contributed by atoms with Gasteiger partial charge in [0.15, 0.2) is 0 Å². The summed E-state index contributed by atoms with van der Waals surface area (Å²) in [6.07, 6.45) is 6.14. The second-order valence-corrected chi connectivity index (χ2v) is 4.62. The van der Waals surface area contributed by atoms with Crippen molar-refractivity contribution >= 4 is 11.8 Å². The molecule has 0 aromatic carbocycles. The van der Waals surface area contributed by atoms with Crippen LogP contribution in [-0.4, -0.2) is 33.6 Å². The summed E-state index contributed by atoms with van der Waals surface area (Å²) in [5, 5.41) is 9.34. The molecule has 1 aliphatic heterocycles. The van der Waals surface area contributed by atoms with Crippen molar-refractivity contribution in [3.8, 4) is 0 Å². The van der Waals surface area contributed by atoms with Crippen LogP contribution < -0.4 is 4.90 Å². The molecule has 1 saturated heterocycles. The Hall–Kier alpha value is -1.65. The Morgan fingerprint density at radius 3 is 3.00 bits per heavy atom. The van der Waals surface area contributed by atoms with Gasteiger partial charge in [-0.05, 0) is 19.3 Å². The quantitative estimate of drug-likeness (QED) is 0.885. The van der Waals surface area contributed by atoms with Gasteiger partial charge in [-0.2, -0.15) is 0 Å². The van der Waals surface area contributed by atoms with Crippen LogP contribution in [0.2, 0.25) is 0 Å². The summed E-state index contributed by atoms with van der Waals surface area (Å²) in [5.41, 5.74) is 0.952. The van der Waals surface area contributed by atoms with Gasteiger partial charge in [-0.1, -0.05) is 19.8 Å². The molecule has 0 spiro atoms. The second kappa shape index (κ2) is 5.80. The van der Waals surface area contributed by atoms with E-state index in [1.54, 1.807) is 0 Å². The molecule has 2 heterocycles. The van der Waals surface area contributed by atoms with Gasteiger partial charge in [0.05, 0.1) is 0 Å². The molecule has 0 amide bonds. The summed E-state index contributed by atoms with van der Waals surface area (Å²) >= 11 is 0. The Labute approximate surface area is 107 Å². The predicted molar refractivity (Wildman–Crippen MR) is 68.6 cm³/mol. The molecule has 2 rings (SSSR count). The summed E-state index contributed by atoms with van der Waals surface area (Å²) in [6, 6.07) is 1.45. The third kappa shape index (κ3) is 2.78. The molecule has 1 unspecified atom stereocenters. The normalized spacial score (nSPS) is 20.5. The maximum atomic E-state index is 11.4. The predicted octanol–water partition coefficient (Wildman–Crippen LogP) is 1.87. The van der Waals surface area contributed by atoms with Crippen molar-refractivity contribution in [3.63, 3.8) is 0 Å². The summed E-state index contributed by atoms with van der Waals surface area (Å²) in [5.74, 6) is -0.00953. The third-order valence-corrected chi connectivity index (χ3v) is 3.40. The summed E-state index contributed by atoms with van der Waals surface area (Å²) in [4.78, 5) is 21.7. The number of hydrogen-bond donors (Lipinski definition) is 1. The number of aryl methyl sites for hydroxylation is 1. The summed E-state index contributed by atoms with van der Waals surface area (Å²) < 4.78 is 0. The van der Waals surface area contributed by atoms with Crippen LogP contribution in [0.3, 0.4) is 0 Å². The van der Waals surface area contributed by atoms with Gasteiger partial charge in [-0.25, -0.2) is 14.8 Å². The summed E-state index contributed by atoms with van der Waals surface area (Å²) in [6.45, 7) is 2.79. The Morgan fingerprint density at radius 1 is 1.44 bits per heavy atom. The van der Waals surface area contributed by atoms with E-state index in [9.17, 15) is 9.90 Å². The van der Waals surface area contributed by atoms with Crippen LogP contribution in [0.15, 0.2) is 12.4 Å². The molecule has 1 atom stereocenters. The fourth-order valence-corrected chi connectivity index (χ4v) is 2.38. The molecule has 5 heteroatoms. The van der Waals surface area contributed by atoms with Gasteiger partial charge in [0.25, 0.3) is 0 Å². The number of carboxylic acid groups (broad SMARTS) is 1. The van der Waals surface area contributed by atoms with Crippen molar-refractivity contribution in [2.24, 2.45) is 0 Å². The van der Waals surface area contributed by atoms with Crippen LogP contribution in [0.25, 0.3) is 0 Å². The van der Waals surface area contributed by atoms with Gasteiger partial charge >= 0.3 is 5.97 Å². The Morgan fingerprint density at radius 2 is 2.28 bits per heavy atom. The van der Waals surface area contributed by atoms with Gasteiger partial charge in [0.2, 0.25) is 0 Å². The standard InChI is InChI=1S/C13H19N3O2/c1-2-10-8-12(15-9-14-10)16-7-5-3-4-6-11(16)13(17)18/h8-9,11H,2-7H2,1H3,(H,17,18). The first-order valence-corrected chi connectivity index (χ1v) is 6.52. The highest BCUT2D eigenvalue weighted by molar-refractivity contribution is 5.77. The van der Waals surface area contributed by atoms with Crippen molar-refractivity contribution in [3.05, 3.63) is 18.1 Å². The zero-order valence-corrected chi connectivity index (χ0v) is 10.7. The van der Waals surface area contributed by atoms with E-state index in [-0.39, 0.29) is 0 Å². The fraction of sp³-hybridized carbons (Fsp3) is 0.615. The fourth-order valence-electron chi connectivity index (χ4n) is 2.38. The molecular weight excluding hydrogens is 230 g/mol. The van der Waals surface area contributed by atoms with Crippen LogP contribution >= 0.6 is 0 Å². The number of aromatic nitrogens is 2. The number of anilines is 1. The van der Waals surface area contributed by atoms with E-state index in [4.69, 9.17) is 0 Å².